The summed E-state index contributed by atoms with van der Waals surface area (Å²) in [6, 6.07) is 4.49. The summed E-state index contributed by atoms with van der Waals surface area (Å²) < 4.78 is 76.3. The SMILES string of the molecule is O=[N+]([O-])c1cc(C(F)(F)F)ccc1N1CCN(c2ccc(C(F)(F)F)cn2)CC1. The van der Waals surface area contributed by atoms with E-state index in [2.05, 4.69) is 4.98 Å². The Kier molecular flexibility index (Phi) is 5.28. The highest BCUT2D eigenvalue weighted by Gasteiger charge is 2.34. The molecule has 0 bridgehead atoms. The van der Waals surface area contributed by atoms with Gasteiger partial charge in [0.2, 0.25) is 0 Å². The molecule has 29 heavy (non-hydrogen) atoms. The molecule has 0 atom stereocenters. The van der Waals surface area contributed by atoms with Crippen molar-refractivity contribution in [2.24, 2.45) is 0 Å². The quantitative estimate of drug-likeness (QED) is 0.420. The van der Waals surface area contributed by atoms with Crippen LogP contribution in [0, 0.1) is 10.1 Å². The van der Waals surface area contributed by atoms with E-state index in [0.29, 0.717) is 11.9 Å². The van der Waals surface area contributed by atoms with Gasteiger partial charge in [-0.2, -0.15) is 26.3 Å². The zero-order valence-electron chi connectivity index (χ0n) is 14.7. The number of piperazine rings is 1. The predicted octanol–water partition coefficient (Wildman–Crippen LogP) is 4.35. The Morgan fingerprint density at radius 1 is 0.862 bits per heavy atom. The fraction of sp³-hybridized carbons (Fsp3) is 0.353. The fourth-order valence-corrected chi connectivity index (χ4v) is 3.03. The smallest absolute Gasteiger partial charge is 0.362 e. The van der Waals surface area contributed by atoms with Crippen molar-refractivity contribution in [1.82, 2.24) is 4.98 Å². The molecule has 0 aliphatic carbocycles. The van der Waals surface area contributed by atoms with Gasteiger partial charge in [0.15, 0.2) is 0 Å². The second-order valence-electron chi connectivity index (χ2n) is 6.34. The van der Waals surface area contributed by atoms with E-state index in [4.69, 9.17) is 0 Å². The molecule has 1 aliphatic rings. The second-order valence-corrected chi connectivity index (χ2v) is 6.34. The Morgan fingerprint density at radius 3 is 1.90 bits per heavy atom. The van der Waals surface area contributed by atoms with Gasteiger partial charge in [-0.15, -0.1) is 0 Å². The van der Waals surface area contributed by atoms with Gasteiger partial charge in [0.25, 0.3) is 5.69 Å². The van der Waals surface area contributed by atoms with Crippen LogP contribution in [0.15, 0.2) is 36.5 Å². The maximum Gasteiger partial charge on any atom is 0.417 e. The van der Waals surface area contributed by atoms with Crippen molar-refractivity contribution >= 4 is 17.2 Å². The summed E-state index contributed by atoms with van der Waals surface area (Å²) in [7, 11) is 0. The number of nitro benzene ring substituents is 1. The van der Waals surface area contributed by atoms with Crippen LogP contribution in [-0.4, -0.2) is 36.1 Å². The third-order valence-corrected chi connectivity index (χ3v) is 4.52. The van der Waals surface area contributed by atoms with Gasteiger partial charge >= 0.3 is 12.4 Å². The largest absolute Gasteiger partial charge is 0.417 e. The first kappa shape index (κ1) is 20.7. The number of alkyl halides is 6. The van der Waals surface area contributed by atoms with Crippen LogP contribution in [0.4, 0.5) is 43.5 Å². The van der Waals surface area contributed by atoms with E-state index in [0.717, 1.165) is 24.4 Å². The molecule has 1 aliphatic heterocycles. The number of halogens is 6. The lowest BCUT2D eigenvalue weighted by molar-refractivity contribution is -0.384. The van der Waals surface area contributed by atoms with Crippen LogP contribution in [0.3, 0.4) is 0 Å². The first-order valence-electron chi connectivity index (χ1n) is 8.35. The summed E-state index contributed by atoms with van der Waals surface area (Å²) >= 11 is 0. The van der Waals surface area contributed by atoms with Gasteiger partial charge in [0.1, 0.15) is 11.5 Å². The molecule has 2 heterocycles. The van der Waals surface area contributed by atoms with Crippen molar-refractivity contribution in [2.45, 2.75) is 12.4 Å². The molecule has 0 radical (unpaired) electrons. The Hall–Kier alpha value is -3.05. The molecular weight excluding hydrogens is 406 g/mol. The second kappa shape index (κ2) is 7.41. The summed E-state index contributed by atoms with van der Waals surface area (Å²) in [5.41, 5.74) is -2.58. The van der Waals surface area contributed by atoms with Crippen molar-refractivity contribution in [1.29, 1.82) is 0 Å². The van der Waals surface area contributed by atoms with Crippen molar-refractivity contribution in [3.8, 4) is 0 Å². The Bertz CT molecular complexity index is 890. The normalized spacial score (nSPS) is 15.5. The lowest BCUT2D eigenvalue weighted by atomic mass is 10.1. The van der Waals surface area contributed by atoms with Crippen molar-refractivity contribution in [2.75, 3.05) is 36.0 Å². The zero-order chi connectivity index (χ0) is 21.4. The third-order valence-electron chi connectivity index (χ3n) is 4.52. The Morgan fingerprint density at radius 2 is 1.41 bits per heavy atom. The van der Waals surface area contributed by atoms with Crippen LogP contribution >= 0.6 is 0 Å². The number of hydrogen-bond acceptors (Lipinski definition) is 5. The maximum atomic E-state index is 12.8. The van der Waals surface area contributed by atoms with Gasteiger partial charge in [0.05, 0.1) is 16.1 Å². The summed E-state index contributed by atoms with van der Waals surface area (Å²) in [4.78, 5) is 17.4. The molecule has 0 spiro atoms. The zero-order valence-corrected chi connectivity index (χ0v) is 14.7. The average molecular weight is 420 g/mol. The summed E-state index contributed by atoms with van der Waals surface area (Å²) in [6.45, 7) is 1.04. The highest BCUT2D eigenvalue weighted by atomic mass is 19.4. The number of hydrogen-bond donors (Lipinski definition) is 0. The molecule has 12 heteroatoms. The van der Waals surface area contributed by atoms with E-state index >= 15 is 0 Å². The minimum absolute atomic E-state index is 0.0584. The van der Waals surface area contributed by atoms with Gasteiger partial charge in [-0.1, -0.05) is 0 Å². The van der Waals surface area contributed by atoms with E-state index in [1.165, 1.54) is 6.07 Å². The van der Waals surface area contributed by atoms with E-state index in [1.807, 2.05) is 0 Å². The molecule has 0 unspecified atom stereocenters. The number of aromatic nitrogens is 1. The van der Waals surface area contributed by atoms with Gasteiger partial charge in [-0.05, 0) is 24.3 Å². The predicted molar refractivity (Wildman–Crippen MR) is 91.8 cm³/mol. The van der Waals surface area contributed by atoms with Gasteiger partial charge in [-0.3, -0.25) is 10.1 Å². The topological polar surface area (TPSA) is 62.5 Å². The fourth-order valence-electron chi connectivity index (χ4n) is 3.03. The van der Waals surface area contributed by atoms with Gasteiger partial charge in [0, 0.05) is 38.4 Å². The summed E-state index contributed by atoms with van der Waals surface area (Å²) in [5.74, 6) is 0.319. The Balaban J connectivity index is 1.74. The summed E-state index contributed by atoms with van der Waals surface area (Å²) in [5, 5.41) is 11.2. The number of anilines is 2. The van der Waals surface area contributed by atoms with Crippen LogP contribution in [0.2, 0.25) is 0 Å². The first-order chi connectivity index (χ1) is 13.5. The molecule has 1 fully saturated rings. The molecule has 0 saturated carbocycles. The Labute approximate surface area is 160 Å². The van der Waals surface area contributed by atoms with Gasteiger partial charge < -0.3 is 9.80 Å². The monoisotopic (exact) mass is 420 g/mol. The summed E-state index contributed by atoms with van der Waals surface area (Å²) in [6.07, 6.45) is -8.47. The highest BCUT2D eigenvalue weighted by molar-refractivity contribution is 5.65. The standard InChI is InChI=1S/C17H14F6N4O2/c18-16(19,20)11-1-3-13(14(9-11)27(28)29)25-5-7-26(8-6-25)15-4-2-12(10-24-15)17(21,22)23/h1-4,9-10H,5-8H2. The molecule has 3 rings (SSSR count). The van der Waals surface area contributed by atoms with Crippen LogP contribution in [-0.2, 0) is 12.4 Å². The molecule has 156 valence electrons. The average Bonchev–Trinajstić information content (AvgIpc) is 2.66. The maximum absolute atomic E-state index is 12.8. The number of pyridine rings is 1. The molecule has 0 N–H and O–H groups in total. The molecule has 1 aromatic carbocycles. The van der Waals surface area contributed by atoms with E-state index in [9.17, 15) is 36.5 Å². The molecule has 0 amide bonds. The lowest BCUT2D eigenvalue weighted by Gasteiger charge is -2.36. The van der Waals surface area contributed by atoms with Crippen LogP contribution in [0.25, 0.3) is 0 Å². The third kappa shape index (κ3) is 4.51. The number of nitro groups is 1. The van der Waals surface area contributed by atoms with E-state index in [1.54, 1.807) is 9.80 Å². The molecule has 6 nitrogen and oxygen atoms in total. The minimum atomic E-state index is -4.70. The molecule has 1 aromatic heterocycles. The number of rotatable bonds is 3. The van der Waals surface area contributed by atoms with Crippen molar-refractivity contribution in [3.63, 3.8) is 0 Å². The van der Waals surface area contributed by atoms with Crippen molar-refractivity contribution in [3.05, 3.63) is 57.8 Å². The van der Waals surface area contributed by atoms with Crippen LogP contribution in [0.1, 0.15) is 11.1 Å². The lowest BCUT2D eigenvalue weighted by Crippen LogP contribution is -2.47. The highest BCUT2D eigenvalue weighted by Crippen LogP contribution is 2.37. The van der Waals surface area contributed by atoms with E-state index in [-0.39, 0.29) is 31.9 Å². The van der Waals surface area contributed by atoms with Gasteiger partial charge in [-0.25, -0.2) is 4.98 Å². The molecular formula is C17H14F6N4O2. The van der Waals surface area contributed by atoms with Crippen molar-refractivity contribution < 1.29 is 31.3 Å². The number of benzene rings is 1. The van der Waals surface area contributed by atoms with Crippen LogP contribution in [0.5, 0.6) is 0 Å². The molecule has 2 aromatic rings. The molecule has 1 saturated heterocycles. The van der Waals surface area contributed by atoms with Crippen LogP contribution < -0.4 is 9.80 Å². The number of nitrogens with zero attached hydrogens (tertiary/aromatic N) is 4. The minimum Gasteiger partial charge on any atom is -0.362 e. The first-order valence-corrected chi connectivity index (χ1v) is 8.35. The van der Waals surface area contributed by atoms with E-state index < -0.39 is 34.1 Å².